The second-order valence-corrected chi connectivity index (χ2v) is 11.3. The predicted octanol–water partition coefficient (Wildman–Crippen LogP) is 8.20. The van der Waals surface area contributed by atoms with E-state index in [1.54, 1.807) is 0 Å². The van der Waals surface area contributed by atoms with Crippen molar-refractivity contribution in [3.8, 4) is 11.3 Å². The molecule has 0 N–H and O–H groups in total. The normalized spacial score (nSPS) is 23.9. The van der Waals surface area contributed by atoms with Crippen LogP contribution >= 0.6 is 0 Å². The summed E-state index contributed by atoms with van der Waals surface area (Å²) in [4.78, 5) is 0. The van der Waals surface area contributed by atoms with E-state index in [4.69, 9.17) is 0 Å². The van der Waals surface area contributed by atoms with Gasteiger partial charge in [-0.15, -0.1) is 0 Å². The number of aromatic nitrogens is 1. The highest BCUT2D eigenvalue weighted by Crippen LogP contribution is 2.58. The highest BCUT2D eigenvalue weighted by Gasteiger charge is 2.60. The molecule has 2 atom stereocenters. The highest BCUT2D eigenvalue weighted by molar-refractivity contribution is 6.02. The lowest BCUT2D eigenvalue weighted by atomic mass is 9.56. The number of rotatable bonds is 6. The zero-order chi connectivity index (χ0) is 24.6. The first-order valence-corrected chi connectivity index (χ1v) is 13.1. The Balaban J connectivity index is 2.05. The van der Waals surface area contributed by atoms with Gasteiger partial charge in [-0.3, -0.25) is 0 Å². The Morgan fingerprint density at radius 3 is 2.38 bits per heavy atom. The van der Waals surface area contributed by atoms with Gasteiger partial charge in [-0.2, -0.15) is 4.57 Å². The molecule has 0 saturated heterocycles. The Morgan fingerprint density at radius 1 is 1.03 bits per heavy atom. The van der Waals surface area contributed by atoms with Crippen molar-refractivity contribution in [3.05, 3.63) is 76.8 Å². The van der Waals surface area contributed by atoms with E-state index in [0.717, 1.165) is 36.0 Å². The number of hydrogen-bond acceptors (Lipinski definition) is 0. The first-order valence-electron chi connectivity index (χ1n) is 13.1. The van der Waals surface area contributed by atoms with Gasteiger partial charge < -0.3 is 0 Å². The Morgan fingerprint density at radius 2 is 1.76 bits per heavy atom. The van der Waals surface area contributed by atoms with Crippen LogP contribution in [0.3, 0.4) is 0 Å². The van der Waals surface area contributed by atoms with E-state index < -0.39 is 5.41 Å². The number of pyridine rings is 1. The molecule has 3 aromatic rings. The lowest BCUT2D eigenvalue weighted by molar-refractivity contribution is -0.755. The standard InChI is InChI=1S/C32H39FN/c1-9-13-14-21-18-22-15-16-34-29-25(22)23(19-21)30(6,7)27-26(29)24(17-20(5)28(27)33)31(8,10-2)32(34,11-3)12-4/h11,15-19H,3,9-10,12-14H2,1-2,4-8H3/q+1. The van der Waals surface area contributed by atoms with Gasteiger partial charge in [-0.1, -0.05) is 65.8 Å². The minimum absolute atomic E-state index is 0.0435. The third-order valence-electron chi connectivity index (χ3n) is 9.47. The largest absolute Gasteiger partial charge is 0.222 e. The summed E-state index contributed by atoms with van der Waals surface area (Å²) >= 11 is 0. The van der Waals surface area contributed by atoms with Gasteiger partial charge in [0, 0.05) is 23.5 Å². The maximum atomic E-state index is 16.2. The van der Waals surface area contributed by atoms with Crippen molar-refractivity contribution < 1.29 is 8.96 Å². The SMILES string of the molecule is C=CC1(CC)[n+]2ccc3cc(CCCC)cc4c3c2-c2c(cc(C)c(F)c2C4(C)C)C1(C)CC. The molecule has 2 unspecified atom stereocenters. The van der Waals surface area contributed by atoms with E-state index in [1.165, 1.54) is 46.0 Å². The van der Waals surface area contributed by atoms with Crippen LogP contribution in [0.5, 0.6) is 0 Å². The van der Waals surface area contributed by atoms with Crippen LogP contribution in [0.15, 0.2) is 43.1 Å². The number of hydrogen-bond donors (Lipinski definition) is 0. The molecule has 5 rings (SSSR count). The number of halogens is 1. The van der Waals surface area contributed by atoms with Crippen molar-refractivity contribution in [2.45, 2.75) is 96.9 Å². The second kappa shape index (κ2) is 7.51. The van der Waals surface area contributed by atoms with Gasteiger partial charge in [-0.25, -0.2) is 4.39 Å². The molecule has 2 aromatic carbocycles. The molecule has 178 valence electrons. The van der Waals surface area contributed by atoms with Crippen molar-refractivity contribution in [3.63, 3.8) is 0 Å². The molecule has 0 amide bonds. The molecule has 2 aliphatic rings. The van der Waals surface area contributed by atoms with Gasteiger partial charge in [0.2, 0.25) is 5.69 Å². The number of nitrogens with zero attached hydrogens (tertiary/aromatic N) is 1. The summed E-state index contributed by atoms with van der Waals surface area (Å²) in [5, 5.41) is 2.57. The fourth-order valence-corrected chi connectivity index (χ4v) is 7.29. The molecular weight excluding hydrogens is 417 g/mol. The fourth-order valence-electron chi connectivity index (χ4n) is 7.29. The van der Waals surface area contributed by atoms with Gasteiger partial charge in [0.15, 0.2) is 11.7 Å². The van der Waals surface area contributed by atoms with Crippen LogP contribution in [0.4, 0.5) is 4.39 Å². The Hall–Kier alpha value is -2.48. The molecule has 0 spiro atoms. The lowest BCUT2D eigenvalue weighted by Gasteiger charge is -2.49. The second-order valence-electron chi connectivity index (χ2n) is 11.3. The van der Waals surface area contributed by atoms with Crippen molar-refractivity contribution in [1.82, 2.24) is 0 Å². The van der Waals surface area contributed by atoms with Crippen molar-refractivity contribution >= 4 is 10.8 Å². The first kappa shape index (κ1) is 23.3. The molecule has 1 nitrogen and oxygen atoms in total. The fraction of sp³-hybridized carbons (Fsp3) is 0.469. The molecule has 0 saturated carbocycles. The average Bonchev–Trinajstić information content (AvgIpc) is 2.82. The number of aryl methyl sites for hydroxylation is 2. The summed E-state index contributed by atoms with van der Waals surface area (Å²) in [6, 6.07) is 9.18. The molecule has 1 aliphatic heterocycles. The van der Waals surface area contributed by atoms with Gasteiger partial charge >= 0.3 is 0 Å². The van der Waals surface area contributed by atoms with Gasteiger partial charge in [0.05, 0.1) is 16.4 Å². The number of unbranched alkanes of at least 4 members (excludes halogenated alkanes) is 1. The van der Waals surface area contributed by atoms with E-state index in [0.29, 0.717) is 0 Å². The Bertz CT molecular complexity index is 1350. The number of benzene rings is 2. The summed E-state index contributed by atoms with van der Waals surface area (Å²) in [5.41, 5.74) is 6.96. The van der Waals surface area contributed by atoms with Gasteiger partial charge in [0.25, 0.3) is 0 Å². The molecule has 0 bridgehead atoms. The third-order valence-corrected chi connectivity index (χ3v) is 9.47. The van der Waals surface area contributed by atoms with Crippen LogP contribution in [0, 0.1) is 12.7 Å². The van der Waals surface area contributed by atoms with Crippen LogP contribution in [0.2, 0.25) is 0 Å². The molecule has 1 aliphatic carbocycles. The topological polar surface area (TPSA) is 3.88 Å². The van der Waals surface area contributed by atoms with Crippen molar-refractivity contribution in [2.75, 3.05) is 0 Å². The molecule has 2 heteroatoms. The van der Waals surface area contributed by atoms with Gasteiger partial charge in [-0.05, 0) is 66.8 Å². The average molecular weight is 457 g/mol. The molecule has 1 aromatic heterocycles. The van der Waals surface area contributed by atoms with Crippen molar-refractivity contribution in [1.29, 1.82) is 0 Å². The minimum atomic E-state index is -0.415. The van der Waals surface area contributed by atoms with Crippen LogP contribution in [-0.4, -0.2) is 0 Å². The summed E-state index contributed by atoms with van der Waals surface area (Å²) in [6.07, 6.45) is 9.71. The molecular formula is C32H39FN+. The van der Waals surface area contributed by atoms with Crippen LogP contribution in [-0.2, 0) is 22.8 Å². The summed E-state index contributed by atoms with van der Waals surface area (Å²) < 4.78 is 18.6. The predicted molar refractivity (Wildman–Crippen MR) is 141 cm³/mol. The Kier molecular flexibility index (Phi) is 5.14. The summed E-state index contributed by atoms with van der Waals surface area (Å²) in [5.74, 6) is -0.0435. The first-order chi connectivity index (χ1) is 16.1. The highest BCUT2D eigenvalue weighted by atomic mass is 19.1. The molecule has 0 radical (unpaired) electrons. The van der Waals surface area contributed by atoms with Crippen LogP contribution in [0.1, 0.15) is 95.0 Å². The molecule has 0 fully saturated rings. The van der Waals surface area contributed by atoms with E-state index in [9.17, 15) is 0 Å². The molecule has 34 heavy (non-hydrogen) atoms. The smallest absolute Gasteiger partial charge is 0.206 e. The summed E-state index contributed by atoms with van der Waals surface area (Å²) in [6.45, 7) is 19.9. The van der Waals surface area contributed by atoms with Crippen molar-refractivity contribution in [2.24, 2.45) is 0 Å². The van der Waals surface area contributed by atoms with Crippen LogP contribution < -0.4 is 4.57 Å². The van der Waals surface area contributed by atoms with E-state index in [1.807, 2.05) is 6.92 Å². The quantitative estimate of drug-likeness (QED) is 0.260. The van der Waals surface area contributed by atoms with Gasteiger partial charge in [0.1, 0.15) is 5.82 Å². The number of allylic oxidation sites excluding steroid dienone is 1. The minimum Gasteiger partial charge on any atom is -0.206 e. The van der Waals surface area contributed by atoms with Crippen LogP contribution in [0.25, 0.3) is 22.0 Å². The maximum Gasteiger partial charge on any atom is 0.222 e. The monoisotopic (exact) mass is 456 g/mol. The maximum absolute atomic E-state index is 16.2. The zero-order valence-corrected chi connectivity index (χ0v) is 22.0. The van der Waals surface area contributed by atoms with E-state index in [-0.39, 0.29) is 16.8 Å². The zero-order valence-electron chi connectivity index (χ0n) is 22.0. The lowest BCUT2D eigenvalue weighted by Crippen LogP contribution is -2.68. The van der Waals surface area contributed by atoms with E-state index in [2.05, 4.69) is 89.2 Å². The molecule has 2 heterocycles. The Labute approximate surface area is 204 Å². The summed E-state index contributed by atoms with van der Waals surface area (Å²) in [7, 11) is 0. The third kappa shape index (κ3) is 2.58. The van der Waals surface area contributed by atoms with E-state index >= 15 is 4.39 Å².